The van der Waals surface area contributed by atoms with Gasteiger partial charge in [-0.2, -0.15) is 0 Å². The number of rotatable bonds is 8. The van der Waals surface area contributed by atoms with Crippen LogP contribution in [0.15, 0.2) is 271 Å². The van der Waals surface area contributed by atoms with Gasteiger partial charge in [0.25, 0.3) is 0 Å². The molecule has 0 fully saturated rings. The number of hydrogen-bond acceptors (Lipinski definition) is 2. The Labute approximate surface area is 411 Å². The molecule has 0 radical (unpaired) electrons. The van der Waals surface area contributed by atoms with E-state index in [0.29, 0.717) is 0 Å². The fourth-order valence-corrected chi connectivity index (χ4v) is 10.9. The minimum absolute atomic E-state index is 0.894. The van der Waals surface area contributed by atoms with E-state index in [4.69, 9.17) is 4.42 Å². The lowest BCUT2D eigenvalue weighted by Crippen LogP contribution is -2.11. The molecule has 12 aromatic carbocycles. The fourth-order valence-electron chi connectivity index (χ4n) is 10.9. The van der Waals surface area contributed by atoms with Gasteiger partial charge in [-0.05, 0) is 140 Å². The molecule has 0 saturated heterocycles. The molecule has 332 valence electrons. The van der Waals surface area contributed by atoms with Gasteiger partial charge in [0.15, 0.2) is 0 Å². The Morgan fingerprint density at radius 2 is 0.831 bits per heavy atom. The number of para-hydroxylation sites is 2. The largest absolute Gasteiger partial charge is 0.455 e. The van der Waals surface area contributed by atoms with Crippen LogP contribution in [0.2, 0.25) is 0 Å². The fraction of sp³-hybridized carbons (Fsp3) is 0. The highest BCUT2D eigenvalue weighted by Gasteiger charge is 2.20. The van der Waals surface area contributed by atoms with Gasteiger partial charge in [0.2, 0.25) is 0 Å². The van der Waals surface area contributed by atoms with Crippen molar-refractivity contribution in [2.45, 2.75) is 0 Å². The first-order valence-electron chi connectivity index (χ1n) is 24.3. The van der Waals surface area contributed by atoms with E-state index >= 15 is 0 Å². The summed E-state index contributed by atoms with van der Waals surface area (Å²) in [4.78, 5) is 2.41. The number of fused-ring (bicyclic) bond motifs is 9. The third-order valence-electron chi connectivity index (χ3n) is 14.4. The maximum absolute atomic E-state index is 6.49. The van der Waals surface area contributed by atoms with Crippen molar-refractivity contribution in [3.8, 4) is 50.2 Å². The highest BCUT2D eigenvalue weighted by atomic mass is 16.3. The van der Waals surface area contributed by atoms with Gasteiger partial charge >= 0.3 is 0 Å². The summed E-state index contributed by atoms with van der Waals surface area (Å²) in [7, 11) is 0. The van der Waals surface area contributed by atoms with Gasteiger partial charge in [-0.1, -0.05) is 182 Å². The molecule has 3 nitrogen and oxygen atoms in total. The topological polar surface area (TPSA) is 21.3 Å². The molecule has 2 heterocycles. The Bertz CT molecular complexity index is 4280. The van der Waals surface area contributed by atoms with Crippen LogP contribution in [0.25, 0.3) is 115 Å². The highest BCUT2D eigenvalue weighted by molar-refractivity contribution is 6.15. The lowest BCUT2D eigenvalue weighted by molar-refractivity contribution is 0.672. The molecule has 0 unspecified atom stereocenters. The maximum Gasteiger partial charge on any atom is 0.143 e. The maximum atomic E-state index is 6.49. The SMILES string of the molecule is c1ccc(-c2cc(-c3ccc4ccccc4c3)ccc2N(c2ccc(-c3cccc(-n4c5ccccc5c5ccccc54)c3)cc2)c2ccc(-c3ccc4oc5c6ccccc6ccc5c4c3)cc2)cc1. The van der Waals surface area contributed by atoms with Crippen molar-refractivity contribution in [3.05, 3.63) is 267 Å². The minimum atomic E-state index is 0.894. The van der Waals surface area contributed by atoms with Crippen molar-refractivity contribution in [1.82, 2.24) is 4.57 Å². The zero-order chi connectivity index (χ0) is 46.8. The van der Waals surface area contributed by atoms with E-state index < -0.39 is 0 Å². The number of furan rings is 1. The van der Waals surface area contributed by atoms with Crippen LogP contribution in [0.5, 0.6) is 0 Å². The molecule has 2 aromatic heterocycles. The molecule has 0 amide bonds. The Hall–Kier alpha value is -9.44. The van der Waals surface area contributed by atoms with Gasteiger partial charge < -0.3 is 13.9 Å². The molecule has 0 spiro atoms. The standard InChI is InChI=1S/C68H44N2O/c1-2-14-48(15-3-1)62-43-54(52-26-25-45-13-4-5-17-50(45)41-52)32-39-66(62)69(56-36-29-47(30-37-56)53-33-40-67-63(44-53)61-38-31-49-16-6-7-20-58(49)68(61)71-67)55-34-27-46(28-35-55)51-18-12-19-57(42-51)70-64-23-10-8-21-59(64)60-22-9-11-24-65(60)70/h1-44H. The van der Waals surface area contributed by atoms with Crippen molar-refractivity contribution in [2.75, 3.05) is 4.90 Å². The minimum Gasteiger partial charge on any atom is -0.455 e. The van der Waals surface area contributed by atoms with E-state index in [1.165, 1.54) is 49.1 Å². The average molecular weight is 905 g/mol. The quantitative estimate of drug-likeness (QED) is 0.151. The summed E-state index contributed by atoms with van der Waals surface area (Å²) in [5.41, 5.74) is 17.8. The summed E-state index contributed by atoms with van der Waals surface area (Å²) in [5, 5.41) is 9.54. The van der Waals surface area contributed by atoms with Crippen molar-refractivity contribution < 1.29 is 4.42 Å². The van der Waals surface area contributed by atoms with Gasteiger partial charge in [0.1, 0.15) is 11.2 Å². The molecule has 0 aliphatic heterocycles. The highest BCUT2D eigenvalue weighted by Crippen LogP contribution is 2.45. The first-order valence-corrected chi connectivity index (χ1v) is 24.3. The zero-order valence-electron chi connectivity index (χ0n) is 38.7. The third kappa shape index (κ3) is 6.97. The zero-order valence-corrected chi connectivity index (χ0v) is 38.7. The summed E-state index contributed by atoms with van der Waals surface area (Å²) < 4.78 is 8.88. The first-order chi connectivity index (χ1) is 35.2. The van der Waals surface area contributed by atoms with Gasteiger partial charge in [-0.15, -0.1) is 0 Å². The summed E-state index contributed by atoms with van der Waals surface area (Å²) in [6.45, 7) is 0. The summed E-state index contributed by atoms with van der Waals surface area (Å²) in [6, 6.07) is 96.8. The van der Waals surface area contributed by atoms with Crippen LogP contribution in [0.3, 0.4) is 0 Å². The van der Waals surface area contributed by atoms with Crippen LogP contribution in [-0.4, -0.2) is 4.57 Å². The van der Waals surface area contributed by atoms with Gasteiger partial charge in [-0.3, -0.25) is 0 Å². The molecule has 3 heteroatoms. The third-order valence-corrected chi connectivity index (χ3v) is 14.4. The number of anilines is 3. The van der Waals surface area contributed by atoms with Crippen LogP contribution >= 0.6 is 0 Å². The van der Waals surface area contributed by atoms with E-state index in [2.05, 4.69) is 276 Å². The smallest absolute Gasteiger partial charge is 0.143 e. The number of hydrogen-bond donors (Lipinski definition) is 0. The Balaban J connectivity index is 0.889. The van der Waals surface area contributed by atoms with Gasteiger partial charge in [0, 0.05) is 49.6 Å². The lowest BCUT2D eigenvalue weighted by atomic mass is 9.95. The van der Waals surface area contributed by atoms with E-state index in [-0.39, 0.29) is 0 Å². The molecule has 14 aromatic rings. The van der Waals surface area contributed by atoms with E-state index in [1.807, 2.05) is 0 Å². The number of aromatic nitrogens is 1. The predicted molar refractivity (Wildman–Crippen MR) is 299 cm³/mol. The second-order valence-electron chi connectivity index (χ2n) is 18.5. The van der Waals surface area contributed by atoms with Crippen LogP contribution in [0.4, 0.5) is 17.1 Å². The van der Waals surface area contributed by atoms with E-state index in [0.717, 1.165) is 83.5 Å². The molecule has 0 aliphatic carbocycles. The average Bonchev–Trinajstić information content (AvgIpc) is 4.00. The predicted octanol–water partition coefficient (Wildman–Crippen LogP) is 19.1. The summed E-state index contributed by atoms with van der Waals surface area (Å²) in [5.74, 6) is 0. The van der Waals surface area contributed by atoms with Crippen molar-refractivity contribution in [3.63, 3.8) is 0 Å². The Morgan fingerprint density at radius 1 is 0.296 bits per heavy atom. The van der Waals surface area contributed by atoms with Crippen molar-refractivity contribution in [1.29, 1.82) is 0 Å². The Kier molecular flexibility index (Phi) is 9.53. The van der Waals surface area contributed by atoms with E-state index in [1.54, 1.807) is 0 Å². The monoisotopic (exact) mass is 904 g/mol. The van der Waals surface area contributed by atoms with Gasteiger partial charge in [-0.25, -0.2) is 0 Å². The molecular weight excluding hydrogens is 861 g/mol. The van der Waals surface area contributed by atoms with Crippen molar-refractivity contribution in [2.24, 2.45) is 0 Å². The molecule has 14 rings (SSSR count). The molecule has 0 N–H and O–H groups in total. The molecule has 71 heavy (non-hydrogen) atoms. The first kappa shape index (κ1) is 40.6. The van der Waals surface area contributed by atoms with Crippen LogP contribution in [0.1, 0.15) is 0 Å². The molecule has 0 atom stereocenters. The molecule has 0 aliphatic rings. The Morgan fingerprint density at radius 3 is 1.56 bits per heavy atom. The van der Waals surface area contributed by atoms with Crippen LogP contribution < -0.4 is 4.90 Å². The summed E-state index contributed by atoms with van der Waals surface area (Å²) in [6.07, 6.45) is 0. The second kappa shape index (κ2) is 16.7. The van der Waals surface area contributed by atoms with Gasteiger partial charge in [0.05, 0.1) is 16.7 Å². The number of nitrogens with zero attached hydrogens (tertiary/aromatic N) is 2. The number of benzene rings is 12. The molecule has 0 bridgehead atoms. The lowest BCUT2D eigenvalue weighted by Gasteiger charge is -2.29. The van der Waals surface area contributed by atoms with Crippen molar-refractivity contribution >= 4 is 82.4 Å². The van der Waals surface area contributed by atoms with Crippen LogP contribution in [0, 0.1) is 0 Å². The molecule has 0 saturated carbocycles. The molecular formula is C68H44N2O. The summed E-state index contributed by atoms with van der Waals surface area (Å²) >= 11 is 0. The second-order valence-corrected chi connectivity index (χ2v) is 18.5. The van der Waals surface area contributed by atoms with E-state index in [9.17, 15) is 0 Å². The normalized spacial score (nSPS) is 11.7. The van der Waals surface area contributed by atoms with Crippen LogP contribution in [-0.2, 0) is 0 Å².